The molecule has 31 heavy (non-hydrogen) atoms. The second-order valence-electron chi connectivity index (χ2n) is 12.1. The first kappa shape index (κ1) is 20.2. The van der Waals surface area contributed by atoms with Gasteiger partial charge in [0.25, 0.3) is 0 Å². The number of aromatic nitrogens is 1. The number of nitrogens with zero attached hydrogens (tertiary/aromatic N) is 1. The Hall–Kier alpha value is -1.41. The summed E-state index contributed by atoms with van der Waals surface area (Å²) in [6.07, 6.45) is 17.0. The van der Waals surface area contributed by atoms with E-state index in [-0.39, 0.29) is 0 Å². The molecular formula is C29H40N2. The molecule has 0 aliphatic heterocycles. The molecule has 2 heteroatoms. The summed E-state index contributed by atoms with van der Waals surface area (Å²) in [5, 5.41) is 6.24. The van der Waals surface area contributed by atoms with Crippen LogP contribution in [0.25, 0.3) is 10.8 Å². The number of hydrogen-bond donors (Lipinski definition) is 1. The Kier molecular flexibility index (Phi) is 4.76. The molecule has 0 amide bonds. The van der Waals surface area contributed by atoms with Crippen molar-refractivity contribution in [3.05, 3.63) is 42.2 Å². The fourth-order valence-corrected chi connectivity index (χ4v) is 9.39. The van der Waals surface area contributed by atoms with E-state index in [1.165, 1.54) is 68.6 Å². The van der Waals surface area contributed by atoms with Gasteiger partial charge in [0.05, 0.1) is 0 Å². The third-order valence-corrected chi connectivity index (χ3v) is 11.1. The summed E-state index contributed by atoms with van der Waals surface area (Å²) in [5.41, 5.74) is 2.67. The van der Waals surface area contributed by atoms with Crippen LogP contribution in [0.1, 0.15) is 83.1 Å². The summed E-state index contributed by atoms with van der Waals surface area (Å²) >= 11 is 0. The molecule has 0 radical (unpaired) electrons. The number of pyridine rings is 1. The van der Waals surface area contributed by atoms with E-state index in [2.05, 4.69) is 55.5 Å². The van der Waals surface area contributed by atoms with E-state index in [4.69, 9.17) is 0 Å². The van der Waals surface area contributed by atoms with Crippen LogP contribution in [0.3, 0.4) is 0 Å². The zero-order chi connectivity index (χ0) is 21.2. The van der Waals surface area contributed by atoms with Crippen LogP contribution >= 0.6 is 0 Å². The highest BCUT2D eigenvalue weighted by Crippen LogP contribution is 2.69. The first-order chi connectivity index (χ1) is 15.0. The number of nitrogens with one attached hydrogen (secondary N) is 1. The topological polar surface area (TPSA) is 24.9 Å². The Balaban J connectivity index is 1.28. The van der Waals surface area contributed by atoms with Crippen molar-refractivity contribution in [3.63, 3.8) is 0 Å². The third kappa shape index (κ3) is 2.96. The van der Waals surface area contributed by atoms with Gasteiger partial charge in [0.2, 0.25) is 0 Å². The average Bonchev–Trinajstić information content (AvgIpc) is 3.15. The summed E-state index contributed by atoms with van der Waals surface area (Å²) in [7, 11) is 2.17. The Labute approximate surface area is 188 Å². The number of benzene rings is 1. The summed E-state index contributed by atoms with van der Waals surface area (Å²) in [6.45, 7) is 5.37. The highest BCUT2D eigenvalue weighted by molar-refractivity contribution is 5.82. The minimum atomic E-state index is 0.489. The molecule has 0 spiro atoms. The van der Waals surface area contributed by atoms with Crippen LogP contribution in [0.2, 0.25) is 0 Å². The predicted molar refractivity (Wildman–Crippen MR) is 129 cm³/mol. The van der Waals surface area contributed by atoms with Crippen molar-refractivity contribution in [2.45, 2.75) is 83.6 Å². The standard InChI is InChI=1S/C29H40N2/c1-28-13-10-23(30-3)17-22(28)6-7-24-26-9-8-25(29(26,2)14-11-27(24)28)20-5-4-19-12-15-31-18-21(19)16-20/h4-5,12,15-16,18,22-27,30H,6-11,13-14,17H2,1-3H3/t22-,23+,24-,25+,26-,27-,28-,29+/m0/s1. The van der Waals surface area contributed by atoms with Crippen molar-refractivity contribution in [3.8, 4) is 0 Å². The molecule has 166 valence electrons. The monoisotopic (exact) mass is 416 g/mol. The largest absolute Gasteiger partial charge is 0.317 e. The van der Waals surface area contributed by atoms with Crippen LogP contribution in [-0.4, -0.2) is 18.1 Å². The van der Waals surface area contributed by atoms with Crippen molar-refractivity contribution in [1.82, 2.24) is 10.3 Å². The molecule has 4 fully saturated rings. The van der Waals surface area contributed by atoms with E-state index in [1.807, 2.05) is 12.4 Å². The molecule has 1 aromatic carbocycles. The maximum atomic E-state index is 4.39. The van der Waals surface area contributed by atoms with Gasteiger partial charge >= 0.3 is 0 Å². The van der Waals surface area contributed by atoms with Gasteiger partial charge in [-0.25, -0.2) is 0 Å². The molecule has 0 bridgehead atoms. The average molecular weight is 417 g/mol. The lowest BCUT2D eigenvalue weighted by atomic mass is 9.44. The Bertz CT molecular complexity index is 968. The van der Waals surface area contributed by atoms with Gasteiger partial charge in [-0.05, 0) is 128 Å². The van der Waals surface area contributed by atoms with Gasteiger partial charge in [-0.3, -0.25) is 4.98 Å². The summed E-state index contributed by atoms with van der Waals surface area (Å²) in [6, 6.07) is 10.1. The van der Waals surface area contributed by atoms with Gasteiger partial charge in [0.1, 0.15) is 0 Å². The maximum absolute atomic E-state index is 4.39. The van der Waals surface area contributed by atoms with Gasteiger partial charge in [-0.2, -0.15) is 0 Å². The van der Waals surface area contributed by atoms with Crippen LogP contribution in [0.5, 0.6) is 0 Å². The lowest BCUT2D eigenvalue weighted by Crippen LogP contribution is -2.54. The lowest BCUT2D eigenvalue weighted by Gasteiger charge is -2.61. The summed E-state index contributed by atoms with van der Waals surface area (Å²) < 4.78 is 0. The third-order valence-electron chi connectivity index (χ3n) is 11.1. The zero-order valence-corrected chi connectivity index (χ0v) is 19.7. The highest BCUT2D eigenvalue weighted by Gasteiger charge is 2.60. The van der Waals surface area contributed by atoms with Crippen LogP contribution < -0.4 is 5.32 Å². The fourth-order valence-electron chi connectivity index (χ4n) is 9.39. The van der Waals surface area contributed by atoms with Gasteiger partial charge in [-0.15, -0.1) is 0 Å². The van der Waals surface area contributed by atoms with Crippen molar-refractivity contribution in [1.29, 1.82) is 0 Å². The van der Waals surface area contributed by atoms with E-state index >= 15 is 0 Å². The lowest BCUT2D eigenvalue weighted by molar-refractivity contribution is -0.109. The Morgan fingerprint density at radius 3 is 2.58 bits per heavy atom. The molecule has 1 heterocycles. The first-order valence-corrected chi connectivity index (χ1v) is 13.0. The molecule has 2 aromatic rings. The van der Waals surface area contributed by atoms with Crippen LogP contribution in [-0.2, 0) is 0 Å². The quantitative estimate of drug-likeness (QED) is 0.573. The minimum Gasteiger partial charge on any atom is -0.317 e. The van der Waals surface area contributed by atoms with Crippen LogP contribution in [0.15, 0.2) is 36.7 Å². The Morgan fingerprint density at radius 2 is 1.71 bits per heavy atom. The van der Waals surface area contributed by atoms with Crippen LogP contribution in [0.4, 0.5) is 0 Å². The molecular weight excluding hydrogens is 376 g/mol. The summed E-state index contributed by atoms with van der Waals surface area (Å²) in [5.74, 6) is 4.56. The second kappa shape index (κ2) is 7.30. The molecule has 0 saturated heterocycles. The molecule has 6 rings (SSSR count). The van der Waals surface area contributed by atoms with Gasteiger partial charge in [0, 0.05) is 23.8 Å². The van der Waals surface area contributed by atoms with Crippen LogP contribution in [0, 0.1) is 34.5 Å². The molecule has 0 unspecified atom stereocenters. The first-order valence-electron chi connectivity index (χ1n) is 13.0. The Morgan fingerprint density at radius 1 is 0.871 bits per heavy atom. The van der Waals surface area contributed by atoms with Gasteiger partial charge in [-0.1, -0.05) is 26.0 Å². The SMILES string of the molecule is CN[C@@H]1CC[C@@]2(C)[C@@H](CC[C@@H]3[C@@H]2CC[C@]2(C)[C@@H](c4ccc5ccncc5c4)CC[C@@H]32)C1. The van der Waals surface area contributed by atoms with Gasteiger partial charge in [0.15, 0.2) is 0 Å². The summed E-state index contributed by atoms with van der Waals surface area (Å²) in [4.78, 5) is 4.39. The van der Waals surface area contributed by atoms with E-state index in [1.54, 1.807) is 5.56 Å². The smallest absolute Gasteiger partial charge is 0.0346 e. The molecule has 1 aromatic heterocycles. The van der Waals surface area contributed by atoms with E-state index < -0.39 is 0 Å². The number of fused-ring (bicyclic) bond motifs is 6. The molecule has 4 aliphatic carbocycles. The number of rotatable bonds is 2. The van der Waals surface area contributed by atoms with Crippen molar-refractivity contribution in [2.24, 2.45) is 34.5 Å². The molecule has 8 atom stereocenters. The maximum Gasteiger partial charge on any atom is 0.0346 e. The molecule has 1 N–H and O–H groups in total. The van der Waals surface area contributed by atoms with E-state index in [9.17, 15) is 0 Å². The van der Waals surface area contributed by atoms with E-state index in [0.29, 0.717) is 10.8 Å². The van der Waals surface area contributed by atoms with E-state index in [0.717, 1.165) is 35.6 Å². The minimum absolute atomic E-state index is 0.489. The molecule has 4 aliphatic rings. The predicted octanol–water partition coefficient (Wildman–Crippen LogP) is 6.95. The van der Waals surface area contributed by atoms with Crippen molar-refractivity contribution >= 4 is 10.8 Å². The van der Waals surface area contributed by atoms with Gasteiger partial charge < -0.3 is 5.32 Å². The normalized spacial score (nSPS) is 44.5. The molecule has 2 nitrogen and oxygen atoms in total. The highest BCUT2D eigenvalue weighted by atomic mass is 14.9. The zero-order valence-electron chi connectivity index (χ0n) is 19.7. The van der Waals surface area contributed by atoms with Crippen molar-refractivity contribution in [2.75, 3.05) is 7.05 Å². The second-order valence-corrected chi connectivity index (χ2v) is 12.1. The molecule has 4 saturated carbocycles. The fraction of sp³-hybridized carbons (Fsp3) is 0.690. The van der Waals surface area contributed by atoms with Crippen molar-refractivity contribution < 1.29 is 0 Å². The number of hydrogen-bond acceptors (Lipinski definition) is 2.